The summed E-state index contributed by atoms with van der Waals surface area (Å²) in [5.41, 5.74) is 0. The Kier molecular flexibility index (Phi) is 41.8. The van der Waals surface area contributed by atoms with Crippen molar-refractivity contribution in [2.75, 3.05) is 13.2 Å². The molecule has 0 aromatic rings. The Labute approximate surface area is 348 Å². The van der Waals surface area contributed by atoms with Crippen LogP contribution in [0.3, 0.4) is 0 Å². The number of rotatable bonds is 44. The van der Waals surface area contributed by atoms with Gasteiger partial charge in [-0.3, -0.25) is 14.4 Å². The van der Waals surface area contributed by atoms with E-state index in [0.717, 1.165) is 69.6 Å². The van der Waals surface area contributed by atoms with Crippen molar-refractivity contribution in [3.8, 4) is 0 Å². The predicted molar refractivity (Wildman–Crippen MR) is 238 cm³/mol. The Balaban J connectivity index is 4.30. The molecule has 0 amide bonds. The first-order valence-electron chi connectivity index (χ1n) is 24.8. The van der Waals surface area contributed by atoms with E-state index >= 15 is 0 Å². The Bertz CT molecular complexity index is 856. The molecule has 6 nitrogen and oxygen atoms in total. The van der Waals surface area contributed by atoms with Gasteiger partial charge in [-0.05, 0) is 31.1 Å². The molecule has 0 rings (SSSR count). The van der Waals surface area contributed by atoms with E-state index in [4.69, 9.17) is 14.2 Å². The molecular formula is C50H96O6. The summed E-state index contributed by atoms with van der Waals surface area (Å²) in [5.74, 6) is 0.782. The average Bonchev–Trinajstić information content (AvgIpc) is 3.18. The molecule has 0 N–H and O–H groups in total. The van der Waals surface area contributed by atoms with Gasteiger partial charge in [0.1, 0.15) is 13.2 Å². The van der Waals surface area contributed by atoms with Crippen molar-refractivity contribution < 1.29 is 28.6 Å². The fraction of sp³-hybridized carbons (Fsp3) is 0.940. The van der Waals surface area contributed by atoms with Crippen LogP contribution in [-0.4, -0.2) is 37.2 Å². The van der Waals surface area contributed by atoms with Crippen LogP contribution in [0.25, 0.3) is 0 Å². The van der Waals surface area contributed by atoms with Crippen LogP contribution in [0.5, 0.6) is 0 Å². The van der Waals surface area contributed by atoms with E-state index in [9.17, 15) is 14.4 Å². The minimum Gasteiger partial charge on any atom is -0.462 e. The molecule has 0 aromatic carbocycles. The number of hydrogen-bond acceptors (Lipinski definition) is 6. The summed E-state index contributed by atoms with van der Waals surface area (Å²) in [7, 11) is 0. The van der Waals surface area contributed by atoms with Crippen LogP contribution >= 0.6 is 0 Å². The van der Waals surface area contributed by atoms with Crippen LogP contribution in [0.1, 0.15) is 272 Å². The maximum absolute atomic E-state index is 12.7. The summed E-state index contributed by atoms with van der Waals surface area (Å²) in [5, 5.41) is 0. The molecular weight excluding hydrogens is 697 g/mol. The standard InChI is InChI=1S/C50H96O6/c1-6-8-9-10-11-12-13-14-15-18-21-24-30-35-40-48(51)54-43-47(56-50(53)42-37-32-27-26-29-34-39-46(5)7-2)44-55-49(52)41-36-31-25-22-19-16-17-20-23-28-33-38-45(3)4/h45-47H,6-44H2,1-5H3/t46?,47-/m1/s1. The monoisotopic (exact) mass is 793 g/mol. The summed E-state index contributed by atoms with van der Waals surface area (Å²) in [4.78, 5) is 37.8. The fourth-order valence-corrected chi connectivity index (χ4v) is 7.43. The van der Waals surface area contributed by atoms with Gasteiger partial charge in [-0.2, -0.15) is 0 Å². The highest BCUT2D eigenvalue weighted by Crippen LogP contribution is 2.17. The number of esters is 3. The van der Waals surface area contributed by atoms with Crippen molar-refractivity contribution in [3.63, 3.8) is 0 Å². The zero-order valence-corrected chi connectivity index (χ0v) is 38.3. The molecule has 2 atom stereocenters. The number of carbonyl (C=O) groups excluding carboxylic acids is 3. The molecule has 56 heavy (non-hydrogen) atoms. The van der Waals surface area contributed by atoms with Crippen molar-refractivity contribution in [2.24, 2.45) is 11.8 Å². The van der Waals surface area contributed by atoms with Gasteiger partial charge in [0.05, 0.1) is 0 Å². The van der Waals surface area contributed by atoms with Crippen molar-refractivity contribution in [1.29, 1.82) is 0 Å². The molecule has 0 saturated carbocycles. The fourth-order valence-electron chi connectivity index (χ4n) is 7.43. The van der Waals surface area contributed by atoms with Crippen molar-refractivity contribution >= 4 is 17.9 Å². The normalized spacial score (nSPS) is 12.5. The maximum atomic E-state index is 12.7. The molecule has 6 heteroatoms. The SMILES string of the molecule is CCCCCCCCCCCCCCCCC(=O)OC[C@H](COC(=O)CCCCCCCCCCCCCC(C)C)OC(=O)CCCCCCCCC(C)CC. The first-order chi connectivity index (χ1) is 27.3. The highest BCUT2D eigenvalue weighted by Gasteiger charge is 2.19. The van der Waals surface area contributed by atoms with Gasteiger partial charge >= 0.3 is 17.9 Å². The number of hydrogen-bond donors (Lipinski definition) is 0. The molecule has 0 heterocycles. The lowest BCUT2D eigenvalue weighted by atomic mass is 10.00. The van der Waals surface area contributed by atoms with Crippen LogP contribution < -0.4 is 0 Å². The van der Waals surface area contributed by atoms with Gasteiger partial charge in [0.15, 0.2) is 6.10 Å². The van der Waals surface area contributed by atoms with E-state index in [-0.39, 0.29) is 31.1 Å². The highest BCUT2D eigenvalue weighted by atomic mass is 16.6. The first kappa shape index (κ1) is 54.4. The Morgan fingerprint density at radius 1 is 0.375 bits per heavy atom. The van der Waals surface area contributed by atoms with Crippen molar-refractivity contribution in [1.82, 2.24) is 0 Å². The molecule has 0 spiro atoms. The van der Waals surface area contributed by atoms with Gasteiger partial charge in [-0.1, -0.05) is 234 Å². The van der Waals surface area contributed by atoms with Crippen LogP contribution in [0.2, 0.25) is 0 Å². The summed E-state index contributed by atoms with van der Waals surface area (Å²) < 4.78 is 16.8. The van der Waals surface area contributed by atoms with Gasteiger partial charge in [-0.25, -0.2) is 0 Å². The largest absolute Gasteiger partial charge is 0.462 e. The van der Waals surface area contributed by atoms with Crippen LogP contribution in [-0.2, 0) is 28.6 Å². The van der Waals surface area contributed by atoms with Gasteiger partial charge in [0.2, 0.25) is 0 Å². The van der Waals surface area contributed by atoms with Gasteiger partial charge in [-0.15, -0.1) is 0 Å². The quantitative estimate of drug-likeness (QED) is 0.0347. The van der Waals surface area contributed by atoms with E-state index in [1.807, 2.05) is 0 Å². The third-order valence-corrected chi connectivity index (χ3v) is 11.6. The van der Waals surface area contributed by atoms with E-state index in [1.165, 1.54) is 161 Å². The summed E-state index contributed by atoms with van der Waals surface area (Å²) in [6.07, 6.45) is 42.3. The zero-order chi connectivity index (χ0) is 41.2. The van der Waals surface area contributed by atoms with E-state index in [2.05, 4.69) is 34.6 Å². The first-order valence-corrected chi connectivity index (χ1v) is 24.8. The molecule has 332 valence electrons. The highest BCUT2D eigenvalue weighted by molar-refractivity contribution is 5.71. The minimum atomic E-state index is -0.762. The van der Waals surface area contributed by atoms with Gasteiger partial charge in [0.25, 0.3) is 0 Å². The van der Waals surface area contributed by atoms with Crippen molar-refractivity contribution in [3.05, 3.63) is 0 Å². The predicted octanol–water partition coefficient (Wildman–Crippen LogP) is 15.8. The average molecular weight is 793 g/mol. The van der Waals surface area contributed by atoms with Crippen LogP contribution in [0.4, 0.5) is 0 Å². The molecule has 0 fully saturated rings. The zero-order valence-electron chi connectivity index (χ0n) is 38.3. The number of ether oxygens (including phenoxy) is 3. The van der Waals surface area contributed by atoms with Gasteiger partial charge in [0, 0.05) is 19.3 Å². The van der Waals surface area contributed by atoms with E-state index in [0.29, 0.717) is 19.3 Å². The van der Waals surface area contributed by atoms with Crippen LogP contribution in [0.15, 0.2) is 0 Å². The lowest BCUT2D eigenvalue weighted by Gasteiger charge is -2.18. The molecule has 0 bridgehead atoms. The second kappa shape index (κ2) is 43.0. The summed E-state index contributed by atoms with van der Waals surface area (Å²) >= 11 is 0. The Morgan fingerprint density at radius 2 is 0.679 bits per heavy atom. The maximum Gasteiger partial charge on any atom is 0.306 e. The molecule has 0 aliphatic heterocycles. The van der Waals surface area contributed by atoms with Gasteiger partial charge < -0.3 is 14.2 Å². The lowest BCUT2D eigenvalue weighted by molar-refractivity contribution is -0.167. The Morgan fingerprint density at radius 3 is 1.02 bits per heavy atom. The lowest BCUT2D eigenvalue weighted by Crippen LogP contribution is -2.30. The van der Waals surface area contributed by atoms with E-state index in [1.54, 1.807) is 0 Å². The van der Waals surface area contributed by atoms with Crippen LogP contribution in [0, 0.1) is 11.8 Å². The molecule has 0 saturated heterocycles. The minimum absolute atomic E-state index is 0.0649. The Hall–Kier alpha value is -1.59. The molecule has 0 aliphatic carbocycles. The summed E-state index contributed by atoms with van der Waals surface area (Å²) in [6, 6.07) is 0. The second-order valence-corrected chi connectivity index (χ2v) is 17.8. The second-order valence-electron chi connectivity index (χ2n) is 17.8. The third-order valence-electron chi connectivity index (χ3n) is 11.6. The van der Waals surface area contributed by atoms with Crippen molar-refractivity contribution in [2.45, 2.75) is 278 Å². The summed E-state index contributed by atoms with van der Waals surface area (Å²) in [6.45, 7) is 11.3. The molecule has 0 radical (unpaired) electrons. The molecule has 0 aliphatic rings. The number of unbranched alkanes of at least 4 members (excludes halogenated alkanes) is 28. The smallest absolute Gasteiger partial charge is 0.306 e. The molecule has 0 aromatic heterocycles. The number of carbonyl (C=O) groups is 3. The molecule has 1 unspecified atom stereocenters. The van der Waals surface area contributed by atoms with E-state index < -0.39 is 6.10 Å². The topological polar surface area (TPSA) is 78.9 Å². The third kappa shape index (κ3) is 42.0.